The summed E-state index contributed by atoms with van der Waals surface area (Å²) in [5.74, 6) is 1.08. The summed E-state index contributed by atoms with van der Waals surface area (Å²) in [5.41, 5.74) is 0.809. The van der Waals surface area contributed by atoms with E-state index < -0.39 is 18.6 Å². The summed E-state index contributed by atoms with van der Waals surface area (Å²) in [6.45, 7) is 1.82. The molecule has 1 aromatic rings. The van der Waals surface area contributed by atoms with Crippen LogP contribution in [-0.2, 0) is 6.54 Å². The van der Waals surface area contributed by atoms with Crippen LogP contribution in [0.15, 0.2) is 16.6 Å². The van der Waals surface area contributed by atoms with Crippen molar-refractivity contribution in [2.75, 3.05) is 14.2 Å². The summed E-state index contributed by atoms with van der Waals surface area (Å²) < 4.78 is 47.7. The van der Waals surface area contributed by atoms with Crippen LogP contribution in [0.25, 0.3) is 0 Å². The third kappa shape index (κ3) is 5.20. The molecule has 0 radical (unpaired) electrons. The summed E-state index contributed by atoms with van der Waals surface area (Å²) in [5, 5.41) is 2.83. The molecule has 114 valence electrons. The Bertz CT molecular complexity index is 452. The third-order valence-electron chi connectivity index (χ3n) is 2.69. The van der Waals surface area contributed by atoms with Gasteiger partial charge in [-0.25, -0.2) is 0 Å². The number of nitrogens with one attached hydrogen (secondary N) is 1. The Labute approximate surface area is 124 Å². The van der Waals surface area contributed by atoms with Crippen LogP contribution in [-0.4, -0.2) is 26.4 Å². The van der Waals surface area contributed by atoms with Gasteiger partial charge in [-0.3, -0.25) is 0 Å². The van der Waals surface area contributed by atoms with E-state index >= 15 is 0 Å². The minimum absolute atomic E-state index is 0.316. The number of alkyl halides is 3. The zero-order valence-corrected chi connectivity index (χ0v) is 13.1. The van der Waals surface area contributed by atoms with E-state index in [1.807, 2.05) is 0 Å². The van der Waals surface area contributed by atoms with Gasteiger partial charge in [-0.15, -0.1) is 0 Å². The molecule has 0 aliphatic heterocycles. The fraction of sp³-hybridized carbons (Fsp3) is 0.538. The van der Waals surface area contributed by atoms with Gasteiger partial charge in [0.1, 0.15) is 0 Å². The van der Waals surface area contributed by atoms with Crippen LogP contribution >= 0.6 is 15.9 Å². The number of hydrogen-bond acceptors (Lipinski definition) is 3. The first-order valence-corrected chi connectivity index (χ1v) is 6.76. The van der Waals surface area contributed by atoms with Gasteiger partial charge >= 0.3 is 6.18 Å². The molecule has 0 aliphatic rings. The number of halogens is 4. The summed E-state index contributed by atoms with van der Waals surface area (Å²) in [4.78, 5) is 0. The van der Waals surface area contributed by atoms with E-state index in [4.69, 9.17) is 9.47 Å². The molecule has 0 saturated heterocycles. The number of benzene rings is 1. The molecule has 1 unspecified atom stereocenters. The van der Waals surface area contributed by atoms with Crippen LogP contribution in [0.3, 0.4) is 0 Å². The molecule has 1 rings (SSSR count). The SMILES string of the molecule is COc1cc(CNC(C)CC(F)(F)F)cc(Br)c1OC. The normalized spacial score (nSPS) is 13.2. The molecule has 1 N–H and O–H groups in total. The van der Waals surface area contributed by atoms with Gasteiger partial charge in [0.05, 0.1) is 25.1 Å². The molecule has 1 atom stereocenters. The molecule has 3 nitrogen and oxygen atoms in total. The predicted molar refractivity (Wildman–Crippen MR) is 74.2 cm³/mol. The van der Waals surface area contributed by atoms with Gasteiger partial charge in [0.2, 0.25) is 0 Å². The number of methoxy groups -OCH3 is 2. The van der Waals surface area contributed by atoms with Crippen molar-refractivity contribution >= 4 is 15.9 Å². The van der Waals surface area contributed by atoms with Crippen molar-refractivity contribution in [3.05, 3.63) is 22.2 Å². The topological polar surface area (TPSA) is 30.5 Å². The van der Waals surface area contributed by atoms with Gasteiger partial charge in [0.25, 0.3) is 0 Å². The molecular weight excluding hydrogens is 339 g/mol. The molecular formula is C13H17BrF3NO2. The maximum atomic E-state index is 12.2. The van der Waals surface area contributed by atoms with Crippen molar-refractivity contribution in [1.82, 2.24) is 5.32 Å². The fourth-order valence-corrected chi connectivity index (χ4v) is 2.44. The highest BCUT2D eigenvalue weighted by Crippen LogP contribution is 2.36. The van der Waals surface area contributed by atoms with Gasteiger partial charge in [-0.1, -0.05) is 0 Å². The van der Waals surface area contributed by atoms with E-state index in [1.165, 1.54) is 21.1 Å². The first kappa shape index (κ1) is 17.1. The molecule has 0 heterocycles. The van der Waals surface area contributed by atoms with Crippen LogP contribution in [0, 0.1) is 0 Å². The molecule has 0 bridgehead atoms. The van der Waals surface area contributed by atoms with Crippen LogP contribution < -0.4 is 14.8 Å². The van der Waals surface area contributed by atoms with Crippen LogP contribution in [0.5, 0.6) is 11.5 Å². The average molecular weight is 356 g/mol. The second kappa shape index (κ2) is 7.17. The van der Waals surface area contributed by atoms with Crippen molar-refractivity contribution in [2.45, 2.75) is 32.1 Å². The second-order valence-corrected chi connectivity index (χ2v) is 5.27. The van der Waals surface area contributed by atoms with Gasteiger partial charge in [-0.05, 0) is 40.5 Å². The molecule has 0 fully saturated rings. The summed E-state index contributed by atoms with van der Waals surface area (Å²) in [6, 6.07) is 2.87. The maximum Gasteiger partial charge on any atom is 0.390 e. The molecule has 0 amide bonds. The second-order valence-electron chi connectivity index (χ2n) is 4.41. The van der Waals surface area contributed by atoms with Crippen LogP contribution in [0.4, 0.5) is 13.2 Å². The molecule has 0 saturated carbocycles. The highest BCUT2D eigenvalue weighted by atomic mass is 79.9. The van der Waals surface area contributed by atoms with Crippen molar-refractivity contribution in [2.24, 2.45) is 0 Å². The van der Waals surface area contributed by atoms with E-state index in [0.717, 1.165) is 5.56 Å². The average Bonchev–Trinajstić information content (AvgIpc) is 2.33. The lowest BCUT2D eigenvalue weighted by Gasteiger charge is -2.17. The highest BCUT2D eigenvalue weighted by molar-refractivity contribution is 9.10. The van der Waals surface area contributed by atoms with Gasteiger partial charge in [-0.2, -0.15) is 13.2 Å². The van der Waals surface area contributed by atoms with Crippen LogP contribution in [0.2, 0.25) is 0 Å². The Morgan fingerprint density at radius 1 is 1.25 bits per heavy atom. The highest BCUT2D eigenvalue weighted by Gasteiger charge is 2.29. The Balaban J connectivity index is 2.72. The molecule has 0 spiro atoms. The van der Waals surface area contributed by atoms with Crippen molar-refractivity contribution in [1.29, 1.82) is 0 Å². The first-order valence-electron chi connectivity index (χ1n) is 5.97. The molecule has 1 aromatic carbocycles. The van der Waals surface area contributed by atoms with Gasteiger partial charge in [0.15, 0.2) is 11.5 Å². The van der Waals surface area contributed by atoms with Gasteiger partial charge in [0, 0.05) is 12.6 Å². The Morgan fingerprint density at radius 2 is 1.90 bits per heavy atom. The molecule has 7 heteroatoms. The van der Waals surface area contributed by atoms with E-state index in [-0.39, 0.29) is 0 Å². The van der Waals surface area contributed by atoms with Crippen molar-refractivity contribution < 1.29 is 22.6 Å². The smallest absolute Gasteiger partial charge is 0.390 e. The summed E-state index contributed by atoms with van der Waals surface area (Å²) in [7, 11) is 3.03. The monoisotopic (exact) mass is 355 g/mol. The lowest BCUT2D eigenvalue weighted by molar-refractivity contribution is -0.139. The number of rotatable bonds is 6. The number of hydrogen-bond donors (Lipinski definition) is 1. The minimum Gasteiger partial charge on any atom is -0.493 e. The van der Waals surface area contributed by atoms with E-state index in [0.29, 0.717) is 22.5 Å². The quantitative estimate of drug-likeness (QED) is 0.839. The lowest BCUT2D eigenvalue weighted by Crippen LogP contribution is -2.30. The van der Waals surface area contributed by atoms with E-state index in [9.17, 15) is 13.2 Å². The Hall–Kier alpha value is -0.950. The zero-order valence-electron chi connectivity index (χ0n) is 11.5. The Kier molecular flexibility index (Phi) is 6.13. The zero-order chi connectivity index (χ0) is 15.3. The largest absolute Gasteiger partial charge is 0.493 e. The van der Waals surface area contributed by atoms with Crippen molar-refractivity contribution in [3.63, 3.8) is 0 Å². The molecule has 20 heavy (non-hydrogen) atoms. The first-order chi connectivity index (χ1) is 9.26. The maximum absolute atomic E-state index is 12.2. The number of ether oxygens (including phenoxy) is 2. The minimum atomic E-state index is -4.16. The predicted octanol–water partition coefficient (Wildman–Crippen LogP) is 3.90. The lowest BCUT2D eigenvalue weighted by atomic mass is 10.1. The molecule has 0 aromatic heterocycles. The summed E-state index contributed by atoms with van der Waals surface area (Å²) in [6.07, 6.45) is -5.02. The third-order valence-corrected chi connectivity index (χ3v) is 3.27. The fourth-order valence-electron chi connectivity index (χ4n) is 1.78. The van der Waals surface area contributed by atoms with Gasteiger partial charge < -0.3 is 14.8 Å². The van der Waals surface area contributed by atoms with Crippen LogP contribution in [0.1, 0.15) is 18.9 Å². The van der Waals surface area contributed by atoms with E-state index in [2.05, 4.69) is 21.2 Å². The van der Waals surface area contributed by atoms with Crippen molar-refractivity contribution in [3.8, 4) is 11.5 Å². The standard InChI is InChI=1S/C13H17BrF3NO2/c1-8(6-13(15,16)17)18-7-9-4-10(14)12(20-3)11(5-9)19-2/h4-5,8,18H,6-7H2,1-3H3. The Morgan fingerprint density at radius 3 is 2.40 bits per heavy atom. The van der Waals surface area contributed by atoms with E-state index in [1.54, 1.807) is 12.1 Å². The molecule has 0 aliphatic carbocycles. The summed E-state index contributed by atoms with van der Waals surface area (Å²) >= 11 is 3.34.